The van der Waals surface area contributed by atoms with Gasteiger partial charge in [0.2, 0.25) is 0 Å². The number of hydrogen-bond donors (Lipinski definition) is 2. The van der Waals surface area contributed by atoms with Crippen molar-refractivity contribution in [1.29, 1.82) is 0 Å². The van der Waals surface area contributed by atoms with Crippen LogP contribution in [0.1, 0.15) is 78.1 Å². The van der Waals surface area contributed by atoms with Crippen molar-refractivity contribution < 1.29 is 24.3 Å². The Morgan fingerprint density at radius 1 is 1.04 bits per heavy atom. The number of hydrogen-bond acceptors (Lipinski definition) is 3. The van der Waals surface area contributed by atoms with E-state index in [1.807, 2.05) is 0 Å². The van der Waals surface area contributed by atoms with Crippen LogP contribution in [0.5, 0.6) is 0 Å². The summed E-state index contributed by atoms with van der Waals surface area (Å²) in [6, 6.07) is -0.768. The number of rotatable bonds is 14. The first-order valence-electron chi connectivity index (χ1n) is 9.79. The van der Waals surface area contributed by atoms with E-state index >= 15 is 0 Å². The summed E-state index contributed by atoms with van der Waals surface area (Å²) in [5, 5.41) is 18.7. The van der Waals surface area contributed by atoms with Crippen LogP contribution in [0.15, 0.2) is 4.99 Å². The number of aliphatic imine (C=N–C) groups is 1. The molecular formula is C19H35N2O4+. The highest BCUT2D eigenvalue weighted by Gasteiger charge is 2.47. The summed E-state index contributed by atoms with van der Waals surface area (Å²) in [7, 11) is 0. The SMILES string of the molecule is CCCCCCCCCCCC1=NCC[N+]1(CC(=O)O)C(C)C(=O)O. The fourth-order valence-electron chi connectivity index (χ4n) is 3.70. The molecule has 0 aromatic rings. The van der Waals surface area contributed by atoms with Gasteiger partial charge in [0, 0.05) is 6.42 Å². The van der Waals surface area contributed by atoms with Crippen LogP contribution in [-0.4, -0.2) is 58.1 Å². The Kier molecular flexibility index (Phi) is 9.71. The summed E-state index contributed by atoms with van der Waals surface area (Å²) in [6.07, 6.45) is 11.7. The lowest BCUT2D eigenvalue weighted by molar-refractivity contribution is -0.844. The molecule has 1 aliphatic rings. The summed E-state index contributed by atoms with van der Waals surface area (Å²) in [4.78, 5) is 27.2. The van der Waals surface area contributed by atoms with E-state index in [0.29, 0.717) is 19.5 Å². The largest absolute Gasteiger partial charge is 0.477 e. The van der Waals surface area contributed by atoms with Crippen LogP contribution in [0, 0.1) is 0 Å². The summed E-state index contributed by atoms with van der Waals surface area (Å²) in [5.41, 5.74) is 0. The minimum atomic E-state index is -0.963. The maximum Gasteiger partial charge on any atom is 0.362 e. The van der Waals surface area contributed by atoms with Gasteiger partial charge in [-0.3, -0.25) is 4.48 Å². The number of unbranched alkanes of at least 4 members (excludes halogenated alkanes) is 8. The van der Waals surface area contributed by atoms with Gasteiger partial charge in [-0.25, -0.2) is 14.6 Å². The number of aliphatic carboxylic acids is 2. The monoisotopic (exact) mass is 355 g/mol. The lowest BCUT2D eigenvalue weighted by atomic mass is 10.1. The van der Waals surface area contributed by atoms with Crippen LogP contribution < -0.4 is 0 Å². The van der Waals surface area contributed by atoms with Crippen LogP contribution in [0.25, 0.3) is 0 Å². The zero-order valence-corrected chi connectivity index (χ0v) is 15.9. The fourth-order valence-corrected chi connectivity index (χ4v) is 3.70. The second-order valence-corrected chi connectivity index (χ2v) is 7.20. The highest BCUT2D eigenvalue weighted by atomic mass is 16.4. The van der Waals surface area contributed by atoms with Gasteiger partial charge in [-0.05, 0) is 13.3 Å². The molecule has 25 heavy (non-hydrogen) atoms. The van der Waals surface area contributed by atoms with E-state index in [9.17, 15) is 19.8 Å². The third kappa shape index (κ3) is 6.77. The standard InChI is InChI=1S/C19H34N2O4/c1-3-4-5-6-7-8-9-10-11-12-17-20-13-14-21(17,15-18(22)23)16(2)19(24)25/h16H,3-15H2,1-2H3,(H-,22,23,24,25)/p+1. The molecule has 2 unspecified atom stereocenters. The molecule has 0 bridgehead atoms. The molecule has 0 aromatic carbocycles. The topological polar surface area (TPSA) is 87.0 Å². The number of carboxylic acid groups (broad SMARTS) is 2. The van der Waals surface area contributed by atoms with E-state index in [1.54, 1.807) is 6.92 Å². The van der Waals surface area contributed by atoms with E-state index in [2.05, 4.69) is 11.9 Å². The molecule has 0 saturated heterocycles. The number of quaternary nitrogens is 1. The lowest BCUT2D eigenvalue weighted by Gasteiger charge is -2.36. The molecule has 144 valence electrons. The highest BCUT2D eigenvalue weighted by molar-refractivity contribution is 5.83. The fraction of sp³-hybridized carbons (Fsp3) is 0.842. The summed E-state index contributed by atoms with van der Waals surface area (Å²) in [5.74, 6) is -1.15. The van der Waals surface area contributed by atoms with Gasteiger partial charge < -0.3 is 10.2 Å². The second-order valence-electron chi connectivity index (χ2n) is 7.20. The molecule has 6 nitrogen and oxygen atoms in total. The number of nitrogens with zero attached hydrogens (tertiary/aromatic N) is 2. The Labute approximate surface area is 151 Å². The summed E-state index contributed by atoms with van der Waals surface area (Å²) in [6.45, 7) is 4.64. The maximum absolute atomic E-state index is 11.5. The molecule has 0 spiro atoms. The van der Waals surface area contributed by atoms with Gasteiger partial charge >= 0.3 is 11.9 Å². The van der Waals surface area contributed by atoms with Gasteiger partial charge in [-0.2, -0.15) is 0 Å². The van der Waals surface area contributed by atoms with Crippen LogP contribution in [0.4, 0.5) is 0 Å². The van der Waals surface area contributed by atoms with Crippen molar-refractivity contribution in [3.05, 3.63) is 0 Å². The minimum absolute atomic E-state index is 0.0122. The second kappa shape index (κ2) is 11.2. The molecule has 1 rings (SSSR count). The molecule has 0 aromatic heterocycles. The Bertz CT molecular complexity index is 464. The van der Waals surface area contributed by atoms with Crippen molar-refractivity contribution >= 4 is 17.8 Å². The minimum Gasteiger partial charge on any atom is -0.477 e. The Morgan fingerprint density at radius 2 is 1.60 bits per heavy atom. The molecule has 2 N–H and O–H groups in total. The third-order valence-corrected chi connectivity index (χ3v) is 5.33. The molecule has 0 fully saturated rings. The molecule has 2 atom stereocenters. The quantitative estimate of drug-likeness (QED) is 0.367. The summed E-state index contributed by atoms with van der Waals surface area (Å²) >= 11 is 0. The van der Waals surface area contributed by atoms with Gasteiger partial charge in [-0.1, -0.05) is 58.3 Å². The molecule has 0 amide bonds. The smallest absolute Gasteiger partial charge is 0.362 e. The zero-order valence-electron chi connectivity index (χ0n) is 15.9. The average Bonchev–Trinajstić information content (AvgIpc) is 2.95. The van der Waals surface area contributed by atoms with Crippen molar-refractivity contribution in [3.63, 3.8) is 0 Å². The average molecular weight is 355 g/mol. The van der Waals surface area contributed by atoms with E-state index < -0.39 is 18.0 Å². The molecule has 0 aliphatic carbocycles. The number of carboxylic acids is 2. The molecule has 1 heterocycles. The molecule has 0 radical (unpaired) electrons. The molecule has 1 aliphatic heterocycles. The Hall–Kier alpha value is -1.43. The van der Waals surface area contributed by atoms with Gasteiger partial charge in [0.1, 0.15) is 6.54 Å². The van der Waals surface area contributed by atoms with Crippen LogP contribution in [0.3, 0.4) is 0 Å². The Morgan fingerprint density at radius 3 is 2.12 bits per heavy atom. The first kappa shape index (κ1) is 21.6. The predicted molar refractivity (Wildman–Crippen MR) is 98.9 cm³/mol. The van der Waals surface area contributed by atoms with Gasteiger partial charge in [0.25, 0.3) is 0 Å². The van der Waals surface area contributed by atoms with Gasteiger partial charge in [-0.15, -0.1) is 0 Å². The van der Waals surface area contributed by atoms with E-state index in [4.69, 9.17) is 0 Å². The van der Waals surface area contributed by atoms with E-state index in [1.165, 1.54) is 44.9 Å². The van der Waals surface area contributed by atoms with Crippen LogP contribution in [-0.2, 0) is 9.59 Å². The van der Waals surface area contributed by atoms with Crippen LogP contribution in [0.2, 0.25) is 0 Å². The van der Waals surface area contributed by atoms with Crippen molar-refractivity contribution in [2.75, 3.05) is 19.6 Å². The molecule has 0 saturated carbocycles. The molecule has 6 heteroatoms. The van der Waals surface area contributed by atoms with E-state index in [-0.39, 0.29) is 11.0 Å². The Balaban J connectivity index is 2.42. The molecular weight excluding hydrogens is 320 g/mol. The number of carbonyl (C=O) groups is 2. The van der Waals surface area contributed by atoms with Crippen molar-refractivity contribution in [2.45, 2.75) is 84.1 Å². The van der Waals surface area contributed by atoms with Gasteiger partial charge in [0.15, 0.2) is 18.4 Å². The third-order valence-electron chi connectivity index (χ3n) is 5.33. The van der Waals surface area contributed by atoms with Crippen LogP contribution >= 0.6 is 0 Å². The van der Waals surface area contributed by atoms with E-state index in [0.717, 1.165) is 18.7 Å². The first-order valence-corrected chi connectivity index (χ1v) is 9.79. The first-order chi connectivity index (χ1) is 11.9. The highest BCUT2D eigenvalue weighted by Crippen LogP contribution is 2.24. The maximum atomic E-state index is 11.5. The number of amidine groups is 1. The van der Waals surface area contributed by atoms with Crippen molar-refractivity contribution in [1.82, 2.24) is 0 Å². The zero-order chi connectivity index (χ0) is 18.7. The predicted octanol–water partition coefficient (Wildman–Crippen LogP) is 3.69. The van der Waals surface area contributed by atoms with Gasteiger partial charge in [0.05, 0.1) is 6.54 Å². The van der Waals surface area contributed by atoms with Crippen molar-refractivity contribution in [3.8, 4) is 0 Å². The lowest BCUT2D eigenvalue weighted by Crippen LogP contribution is -2.61. The summed E-state index contributed by atoms with van der Waals surface area (Å²) < 4.78 is -0.0122. The normalized spacial score (nSPS) is 21.1. The van der Waals surface area contributed by atoms with Crippen molar-refractivity contribution in [2.24, 2.45) is 4.99 Å².